The third-order valence-electron chi connectivity index (χ3n) is 5.75. The maximum absolute atomic E-state index is 12.8. The summed E-state index contributed by atoms with van der Waals surface area (Å²) < 4.78 is 0. The fourth-order valence-corrected chi connectivity index (χ4v) is 5.33. The second kappa shape index (κ2) is 6.05. The molecule has 0 spiro atoms. The van der Waals surface area contributed by atoms with Gasteiger partial charge in [0.2, 0.25) is 11.8 Å². The number of benzene rings is 1. The van der Waals surface area contributed by atoms with Crippen LogP contribution in [0.1, 0.15) is 19.3 Å². The predicted molar refractivity (Wildman–Crippen MR) is 93.5 cm³/mol. The van der Waals surface area contributed by atoms with Gasteiger partial charge in [0.15, 0.2) is 0 Å². The molecule has 1 saturated carbocycles. The van der Waals surface area contributed by atoms with Gasteiger partial charge in [-0.15, -0.1) is 11.8 Å². The molecule has 0 unspecified atom stereocenters. The number of anilines is 1. The number of carboxylic acids is 1. The third-order valence-corrected chi connectivity index (χ3v) is 6.80. The minimum atomic E-state index is -0.791. The molecule has 4 rings (SSSR count). The van der Waals surface area contributed by atoms with Crippen LogP contribution >= 0.6 is 11.8 Å². The lowest BCUT2D eigenvalue weighted by molar-refractivity contribution is -0.149. The Kier molecular flexibility index (Phi) is 3.98. The number of para-hydroxylation sites is 1. The normalized spacial score (nSPS) is 28.0. The van der Waals surface area contributed by atoms with E-state index in [-0.39, 0.29) is 30.8 Å². The van der Waals surface area contributed by atoms with E-state index in [0.29, 0.717) is 18.7 Å². The first-order valence-electron chi connectivity index (χ1n) is 8.55. The zero-order valence-electron chi connectivity index (χ0n) is 13.8. The van der Waals surface area contributed by atoms with E-state index < -0.39 is 11.4 Å². The average Bonchev–Trinajstić information content (AvgIpc) is 3.16. The van der Waals surface area contributed by atoms with Gasteiger partial charge in [0.05, 0.1) is 16.9 Å². The van der Waals surface area contributed by atoms with E-state index >= 15 is 0 Å². The highest BCUT2D eigenvalue weighted by Crippen LogP contribution is 2.49. The number of amides is 2. The molecule has 1 aromatic carbocycles. The van der Waals surface area contributed by atoms with Crippen molar-refractivity contribution in [2.45, 2.75) is 24.2 Å². The molecule has 1 saturated heterocycles. The Morgan fingerprint density at radius 3 is 2.88 bits per heavy atom. The molecule has 2 fully saturated rings. The molecule has 3 aliphatic rings. The standard InChI is InChI=1S/C18H20N2O4S/c21-15(19-8-12-4-3-7-18(12,11-19)17(23)24)9-20-13-5-1-2-6-14(13)25-10-16(20)22/h1-2,5-6,12H,3-4,7-11H2,(H,23,24)/t12-,18+/m0/s1. The van der Waals surface area contributed by atoms with Gasteiger partial charge in [-0.1, -0.05) is 18.6 Å². The van der Waals surface area contributed by atoms with Crippen LogP contribution < -0.4 is 4.90 Å². The highest BCUT2D eigenvalue weighted by atomic mass is 32.2. The summed E-state index contributed by atoms with van der Waals surface area (Å²) in [6, 6.07) is 7.57. The number of carbonyl (C=O) groups excluding carboxylic acids is 2. The number of aliphatic carboxylic acids is 1. The molecule has 2 amide bonds. The van der Waals surface area contributed by atoms with Crippen molar-refractivity contribution in [1.29, 1.82) is 0 Å². The topological polar surface area (TPSA) is 77.9 Å². The number of rotatable bonds is 3. The molecular formula is C18H20N2O4S. The monoisotopic (exact) mass is 360 g/mol. The van der Waals surface area contributed by atoms with Gasteiger partial charge >= 0.3 is 5.97 Å². The van der Waals surface area contributed by atoms with Gasteiger partial charge in [-0.2, -0.15) is 0 Å². The van der Waals surface area contributed by atoms with E-state index in [1.807, 2.05) is 24.3 Å². The van der Waals surface area contributed by atoms with Gasteiger partial charge in [0.25, 0.3) is 0 Å². The zero-order valence-corrected chi connectivity index (χ0v) is 14.6. The summed E-state index contributed by atoms with van der Waals surface area (Å²) in [7, 11) is 0. The summed E-state index contributed by atoms with van der Waals surface area (Å²) in [6.07, 6.45) is 2.41. The van der Waals surface area contributed by atoms with Crippen LogP contribution in [0.2, 0.25) is 0 Å². The molecule has 1 aliphatic carbocycles. The molecule has 0 bridgehead atoms. The van der Waals surface area contributed by atoms with E-state index in [1.54, 1.807) is 4.90 Å². The molecule has 2 atom stereocenters. The molecule has 7 heteroatoms. The predicted octanol–water partition coefficient (Wildman–Crippen LogP) is 1.84. The molecule has 1 aromatic rings. The molecule has 2 heterocycles. The first-order chi connectivity index (χ1) is 12.0. The van der Waals surface area contributed by atoms with E-state index in [2.05, 4.69) is 0 Å². The van der Waals surface area contributed by atoms with E-state index in [1.165, 1.54) is 16.7 Å². The summed E-state index contributed by atoms with van der Waals surface area (Å²) in [5.41, 5.74) is -0.0144. The summed E-state index contributed by atoms with van der Waals surface area (Å²) in [5.74, 6) is -0.671. The number of fused-ring (bicyclic) bond motifs is 2. The fourth-order valence-electron chi connectivity index (χ4n) is 4.39. The van der Waals surface area contributed by atoms with Crippen LogP contribution in [0.5, 0.6) is 0 Å². The Hall–Kier alpha value is -2.02. The third kappa shape index (κ3) is 2.61. The van der Waals surface area contributed by atoms with Crippen molar-refractivity contribution in [3.05, 3.63) is 24.3 Å². The molecule has 0 aromatic heterocycles. The second-order valence-corrected chi connectivity index (χ2v) is 8.08. The fraction of sp³-hybridized carbons (Fsp3) is 0.500. The quantitative estimate of drug-likeness (QED) is 0.890. The summed E-state index contributed by atoms with van der Waals surface area (Å²) in [5, 5.41) is 9.66. The number of hydrogen-bond acceptors (Lipinski definition) is 4. The SMILES string of the molecule is O=C(CN1C(=O)CSc2ccccc21)N1C[C@@H]2CCC[C@@]2(C(=O)O)C1. The maximum atomic E-state index is 12.8. The minimum absolute atomic E-state index is 0.0151. The van der Waals surface area contributed by atoms with Crippen molar-refractivity contribution >= 4 is 35.2 Å². The van der Waals surface area contributed by atoms with E-state index in [0.717, 1.165) is 23.4 Å². The van der Waals surface area contributed by atoms with Crippen molar-refractivity contribution in [1.82, 2.24) is 4.90 Å². The molecule has 6 nitrogen and oxygen atoms in total. The van der Waals surface area contributed by atoms with Crippen molar-refractivity contribution in [3.8, 4) is 0 Å². The Labute approximate surface area is 150 Å². The Morgan fingerprint density at radius 1 is 1.32 bits per heavy atom. The number of thioether (sulfide) groups is 1. The van der Waals surface area contributed by atoms with Gasteiger partial charge in [0, 0.05) is 18.0 Å². The van der Waals surface area contributed by atoms with E-state index in [4.69, 9.17) is 0 Å². The number of carboxylic acid groups (broad SMARTS) is 1. The highest BCUT2D eigenvalue weighted by molar-refractivity contribution is 8.00. The maximum Gasteiger partial charge on any atom is 0.311 e. The average molecular weight is 360 g/mol. The van der Waals surface area contributed by atoms with Gasteiger partial charge in [0.1, 0.15) is 6.54 Å². The van der Waals surface area contributed by atoms with Crippen LogP contribution in [0.4, 0.5) is 5.69 Å². The number of likely N-dealkylation sites (tertiary alicyclic amines) is 1. The number of carbonyl (C=O) groups is 3. The highest BCUT2D eigenvalue weighted by Gasteiger charge is 2.55. The van der Waals surface area contributed by atoms with Crippen LogP contribution in [-0.4, -0.2) is 53.2 Å². The van der Waals surface area contributed by atoms with Crippen molar-refractivity contribution in [3.63, 3.8) is 0 Å². The largest absolute Gasteiger partial charge is 0.481 e. The summed E-state index contributed by atoms with van der Waals surface area (Å²) in [4.78, 5) is 41.1. The van der Waals surface area contributed by atoms with Crippen LogP contribution in [0, 0.1) is 11.3 Å². The molecule has 2 aliphatic heterocycles. The lowest BCUT2D eigenvalue weighted by Crippen LogP contribution is -2.45. The minimum Gasteiger partial charge on any atom is -0.481 e. The summed E-state index contributed by atoms with van der Waals surface area (Å²) >= 11 is 1.48. The first-order valence-corrected chi connectivity index (χ1v) is 9.53. The molecule has 0 radical (unpaired) electrons. The van der Waals surface area contributed by atoms with Crippen molar-refractivity contribution < 1.29 is 19.5 Å². The molecule has 25 heavy (non-hydrogen) atoms. The van der Waals surface area contributed by atoms with Crippen LogP contribution in [0.15, 0.2) is 29.2 Å². The summed E-state index contributed by atoms with van der Waals surface area (Å²) in [6.45, 7) is 0.743. The molecule has 1 N–H and O–H groups in total. The van der Waals surface area contributed by atoms with Crippen molar-refractivity contribution in [2.75, 3.05) is 30.3 Å². The van der Waals surface area contributed by atoms with Crippen molar-refractivity contribution in [2.24, 2.45) is 11.3 Å². The van der Waals surface area contributed by atoms with Gasteiger partial charge in [-0.25, -0.2) is 0 Å². The lowest BCUT2D eigenvalue weighted by atomic mass is 9.81. The van der Waals surface area contributed by atoms with Crippen LogP contribution in [0.25, 0.3) is 0 Å². The van der Waals surface area contributed by atoms with Crippen LogP contribution in [0.3, 0.4) is 0 Å². The lowest BCUT2D eigenvalue weighted by Gasteiger charge is -2.30. The smallest absolute Gasteiger partial charge is 0.311 e. The van der Waals surface area contributed by atoms with Gasteiger partial charge in [-0.3, -0.25) is 14.4 Å². The Bertz CT molecular complexity index is 752. The molecular weight excluding hydrogens is 340 g/mol. The number of hydrogen-bond donors (Lipinski definition) is 1. The first kappa shape index (κ1) is 16.4. The Balaban J connectivity index is 1.52. The second-order valence-electron chi connectivity index (χ2n) is 7.06. The zero-order chi connectivity index (χ0) is 17.6. The van der Waals surface area contributed by atoms with E-state index in [9.17, 15) is 19.5 Å². The number of nitrogens with zero attached hydrogens (tertiary/aromatic N) is 2. The molecule has 132 valence electrons. The van der Waals surface area contributed by atoms with Gasteiger partial charge < -0.3 is 14.9 Å². The van der Waals surface area contributed by atoms with Crippen LogP contribution in [-0.2, 0) is 14.4 Å². The van der Waals surface area contributed by atoms with Gasteiger partial charge in [-0.05, 0) is 30.9 Å². The Morgan fingerprint density at radius 2 is 2.12 bits per heavy atom.